The van der Waals surface area contributed by atoms with Crippen molar-refractivity contribution in [1.29, 1.82) is 0 Å². The van der Waals surface area contributed by atoms with E-state index in [1.807, 2.05) is 26.8 Å². The van der Waals surface area contributed by atoms with E-state index in [4.69, 9.17) is 4.74 Å². The van der Waals surface area contributed by atoms with Gasteiger partial charge in [-0.15, -0.1) is 0 Å². The van der Waals surface area contributed by atoms with Crippen molar-refractivity contribution in [2.75, 3.05) is 0 Å². The van der Waals surface area contributed by atoms with Crippen LogP contribution in [0.15, 0.2) is 29.3 Å². The SMILES string of the molecule is CC(C)(C)OC(=O)N1C(=NCc2cccc(F)c2)N[C@H]2CCCC[C@H]21. The summed E-state index contributed by atoms with van der Waals surface area (Å²) >= 11 is 0. The number of guanidine groups is 1. The first-order chi connectivity index (χ1) is 11.8. The summed E-state index contributed by atoms with van der Waals surface area (Å²) in [6.45, 7) is 5.89. The van der Waals surface area contributed by atoms with Gasteiger partial charge in [0.2, 0.25) is 5.96 Å². The fourth-order valence-corrected chi connectivity index (χ4v) is 3.44. The van der Waals surface area contributed by atoms with E-state index in [-0.39, 0.29) is 24.0 Å². The molecule has 0 radical (unpaired) electrons. The van der Waals surface area contributed by atoms with Crippen LogP contribution in [-0.4, -0.2) is 34.6 Å². The van der Waals surface area contributed by atoms with E-state index in [9.17, 15) is 9.18 Å². The largest absolute Gasteiger partial charge is 0.443 e. The Morgan fingerprint density at radius 1 is 1.36 bits per heavy atom. The summed E-state index contributed by atoms with van der Waals surface area (Å²) in [5.41, 5.74) is 0.214. The summed E-state index contributed by atoms with van der Waals surface area (Å²) < 4.78 is 18.9. The van der Waals surface area contributed by atoms with Gasteiger partial charge in [0.15, 0.2) is 0 Å². The Morgan fingerprint density at radius 2 is 2.12 bits per heavy atom. The van der Waals surface area contributed by atoms with Gasteiger partial charge in [-0.2, -0.15) is 0 Å². The van der Waals surface area contributed by atoms with E-state index in [0.29, 0.717) is 12.5 Å². The molecule has 1 amide bonds. The maximum absolute atomic E-state index is 13.4. The van der Waals surface area contributed by atoms with Gasteiger partial charge in [0.25, 0.3) is 0 Å². The van der Waals surface area contributed by atoms with E-state index in [1.165, 1.54) is 12.1 Å². The average molecular weight is 347 g/mol. The third-order valence-electron chi connectivity index (χ3n) is 4.49. The number of aliphatic imine (C=N–C) groups is 1. The van der Waals surface area contributed by atoms with Crippen molar-refractivity contribution < 1.29 is 13.9 Å². The molecule has 25 heavy (non-hydrogen) atoms. The number of fused-ring (bicyclic) bond motifs is 1. The Kier molecular flexibility index (Phi) is 4.97. The van der Waals surface area contributed by atoms with E-state index in [1.54, 1.807) is 11.0 Å². The van der Waals surface area contributed by atoms with Crippen LogP contribution in [0.5, 0.6) is 0 Å². The standard InChI is InChI=1S/C19H26FN3O2/c1-19(2,3)25-18(24)23-16-10-5-4-9-15(16)22-17(23)21-12-13-7-6-8-14(20)11-13/h6-8,11,15-16H,4-5,9-10,12H2,1-3H3,(H,21,22)/t15-,16+/m0/s1. The lowest BCUT2D eigenvalue weighted by Crippen LogP contribution is -2.45. The number of carbonyl (C=O) groups excluding carboxylic acids is 1. The van der Waals surface area contributed by atoms with Gasteiger partial charge in [-0.3, -0.25) is 0 Å². The topological polar surface area (TPSA) is 53.9 Å². The lowest BCUT2D eigenvalue weighted by Gasteiger charge is -2.31. The first-order valence-electron chi connectivity index (χ1n) is 8.91. The number of rotatable bonds is 2. The molecule has 0 bridgehead atoms. The third kappa shape index (κ3) is 4.30. The minimum absolute atomic E-state index is 0.0786. The summed E-state index contributed by atoms with van der Waals surface area (Å²) in [5, 5.41) is 3.38. The zero-order valence-corrected chi connectivity index (χ0v) is 15.1. The van der Waals surface area contributed by atoms with Gasteiger partial charge in [0.1, 0.15) is 11.4 Å². The van der Waals surface area contributed by atoms with Crippen LogP contribution >= 0.6 is 0 Å². The Bertz CT molecular complexity index is 669. The smallest absolute Gasteiger partial charge is 0.417 e. The van der Waals surface area contributed by atoms with Gasteiger partial charge < -0.3 is 10.1 Å². The molecule has 2 fully saturated rings. The van der Waals surface area contributed by atoms with E-state index < -0.39 is 5.60 Å². The van der Waals surface area contributed by atoms with Crippen LogP contribution in [0.3, 0.4) is 0 Å². The maximum atomic E-state index is 13.4. The second kappa shape index (κ2) is 7.02. The molecule has 5 nitrogen and oxygen atoms in total. The number of benzene rings is 1. The molecule has 0 unspecified atom stereocenters. The van der Waals surface area contributed by atoms with Crippen molar-refractivity contribution in [2.24, 2.45) is 4.99 Å². The van der Waals surface area contributed by atoms with Crippen LogP contribution in [-0.2, 0) is 11.3 Å². The van der Waals surface area contributed by atoms with E-state index >= 15 is 0 Å². The maximum Gasteiger partial charge on any atom is 0.417 e. The molecule has 1 aliphatic heterocycles. The summed E-state index contributed by atoms with van der Waals surface area (Å²) in [4.78, 5) is 18.9. The van der Waals surface area contributed by atoms with Gasteiger partial charge >= 0.3 is 6.09 Å². The van der Waals surface area contributed by atoms with Crippen molar-refractivity contribution in [1.82, 2.24) is 10.2 Å². The second-order valence-electron chi connectivity index (χ2n) is 7.72. The summed E-state index contributed by atoms with van der Waals surface area (Å²) in [6.07, 6.45) is 3.83. The Balaban J connectivity index is 1.81. The Labute approximate surface area is 148 Å². The highest BCUT2D eigenvalue weighted by atomic mass is 19.1. The van der Waals surface area contributed by atoms with Gasteiger partial charge in [-0.1, -0.05) is 25.0 Å². The summed E-state index contributed by atoms with van der Waals surface area (Å²) in [6, 6.07) is 6.66. The van der Waals surface area contributed by atoms with Crippen LogP contribution < -0.4 is 5.32 Å². The number of nitrogens with zero attached hydrogens (tertiary/aromatic N) is 2. The highest BCUT2D eigenvalue weighted by Crippen LogP contribution is 2.29. The molecule has 1 N–H and O–H groups in total. The molecule has 2 atom stereocenters. The fraction of sp³-hybridized carbons (Fsp3) is 0.579. The van der Waals surface area contributed by atoms with Gasteiger partial charge in [-0.25, -0.2) is 19.1 Å². The number of halogens is 1. The van der Waals surface area contributed by atoms with Crippen molar-refractivity contribution in [2.45, 2.75) is 70.7 Å². The molecule has 136 valence electrons. The van der Waals surface area contributed by atoms with Crippen molar-refractivity contribution in [3.63, 3.8) is 0 Å². The van der Waals surface area contributed by atoms with Crippen molar-refractivity contribution >= 4 is 12.1 Å². The number of hydrogen-bond acceptors (Lipinski definition) is 3. The molecule has 0 aromatic heterocycles. The summed E-state index contributed by atoms with van der Waals surface area (Å²) in [5.74, 6) is 0.255. The Hall–Kier alpha value is -2.11. The monoisotopic (exact) mass is 347 g/mol. The van der Waals surface area contributed by atoms with Crippen molar-refractivity contribution in [3.05, 3.63) is 35.6 Å². The normalized spacial score (nSPS) is 24.8. The zero-order valence-electron chi connectivity index (χ0n) is 15.1. The van der Waals surface area contributed by atoms with Gasteiger partial charge in [0, 0.05) is 0 Å². The molecule has 1 aromatic carbocycles. The van der Waals surface area contributed by atoms with E-state index in [0.717, 1.165) is 31.2 Å². The second-order valence-corrected chi connectivity index (χ2v) is 7.72. The number of amides is 1. The predicted octanol–water partition coefficient (Wildman–Crippen LogP) is 3.83. The van der Waals surface area contributed by atoms with Gasteiger partial charge in [0.05, 0.1) is 18.6 Å². The molecule has 2 aliphatic rings. The lowest BCUT2D eigenvalue weighted by molar-refractivity contribution is 0.0304. The molecule has 3 rings (SSSR count). The molecule has 0 spiro atoms. The number of hydrogen-bond donors (Lipinski definition) is 1. The van der Waals surface area contributed by atoms with Crippen LogP contribution in [0.4, 0.5) is 9.18 Å². The fourth-order valence-electron chi connectivity index (χ4n) is 3.44. The zero-order chi connectivity index (χ0) is 18.0. The summed E-state index contributed by atoms with van der Waals surface area (Å²) in [7, 11) is 0. The van der Waals surface area contributed by atoms with E-state index in [2.05, 4.69) is 10.3 Å². The molecule has 6 heteroatoms. The first kappa shape index (κ1) is 17.7. The average Bonchev–Trinajstić information content (AvgIpc) is 2.90. The molecule has 1 saturated heterocycles. The third-order valence-corrected chi connectivity index (χ3v) is 4.49. The first-order valence-corrected chi connectivity index (χ1v) is 8.91. The molecule has 1 aliphatic carbocycles. The highest BCUT2D eigenvalue weighted by Gasteiger charge is 2.44. The highest BCUT2D eigenvalue weighted by molar-refractivity contribution is 5.96. The molecule has 1 saturated carbocycles. The molecular weight excluding hydrogens is 321 g/mol. The molecular formula is C19H26FN3O2. The number of carbonyl (C=O) groups is 1. The minimum Gasteiger partial charge on any atom is -0.443 e. The van der Waals surface area contributed by atoms with Crippen LogP contribution in [0.25, 0.3) is 0 Å². The predicted molar refractivity (Wildman–Crippen MR) is 94.8 cm³/mol. The Morgan fingerprint density at radius 3 is 2.84 bits per heavy atom. The molecule has 1 heterocycles. The lowest BCUT2D eigenvalue weighted by atomic mass is 9.91. The molecule has 1 aromatic rings. The minimum atomic E-state index is -0.558. The number of ether oxygens (including phenoxy) is 1. The van der Waals surface area contributed by atoms with Crippen LogP contribution in [0, 0.1) is 5.82 Å². The number of nitrogens with one attached hydrogen (secondary N) is 1. The van der Waals surface area contributed by atoms with Crippen LogP contribution in [0.1, 0.15) is 52.0 Å². The van der Waals surface area contributed by atoms with Gasteiger partial charge in [-0.05, 0) is 51.3 Å². The van der Waals surface area contributed by atoms with Crippen LogP contribution in [0.2, 0.25) is 0 Å². The quantitative estimate of drug-likeness (QED) is 0.884. The van der Waals surface area contributed by atoms with Crippen molar-refractivity contribution in [3.8, 4) is 0 Å².